The van der Waals surface area contributed by atoms with Crippen LogP contribution in [0, 0.1) is 6.92 Å². The minimum atomic E-state index is -0.281. The van der Waals surface area contributed by atoms with Gasteiger partial charge in [-0.3, -0.25) is 9.79 Å². The maximum absolute atomic E-state index is 12.4. The molecule has 0 radical (unpaired) electrons. The summed E-state index contributed by atoms with van der Waals surface area (Å²) in [5.74, 6) is 1.50. The highest BCUT2D eigenvalue weighted by Gasteiger charge is 2.17. The molecule has 0 saturated heterocycles. The molecule has 2 heterocycles. The molecule has 1 aliphatic heterocycles. The third kappa shape index (κ3) is 3.44. The molecular formula is C20H17ClN4O2. The topological polar surface area (TPSA) is 79.4 Å². The van der Waals surface area contributed by atoms with E-state index in [0.29, 0.717) is 28.7 Å². The maximum Gasteiger partial charge on any atom is 0.256 e. The van der Waals surface area contributed by atoms with E-state index >= 15 is 0 Å². The van der Waals surface area contributed by atoms with Gasteiger partial charge < -0.3 is 15.0 Å². The summed E-state index contributed by atoms with van der Waals surface area (Å²) < 4.78 is 5.10. The van der Waals surface area contributed by atoms with Crippen LogP contribution in [0.1, 0.15) is 21.7 Å². The van der Waals surface area contributed by atoms with Gasteiger partial charge in [-0.15, -0.1) is 0 Å². The van der Waals surface area contributed by atoms with Crippen molar-refractivity contribution >= 4 is 40.0 Å². The van der Waals surface area contributed by atoms with Gasteiger partial charge in [0.05, 0.1) is 29.7 Å². The summed E-state index contributed by atoms with van der Waals surface area (Å²) >= 11 is 6.08. The largest absolute Gasteiger partial charge is 0.495 e. The first-order valence-corrected chi connectivity index (χ1v) is 8.78. The van der Waals surface area contributed by atoms with Crippen LogP contribution >= 0.6 is 11.6 Å². The van der Waals surface area contributed by atoms with E-state index < -0.39 is 0 Å². The number of benzene rings is 2. The number of aryl methyl sites for hydroxylation is 1. The minimum absolute atomic E-state index is 0.281. The van der Waals surface area contributed by atoms with Gasteiger partial charge in [-0.1, -0.05) is 17.7 Å². The van der Waals surface area contributed by atoms with Gasteiger partial charge in [0, 0.05) is 11.1 Å². The van der Waals surface area contributed by atoms with Crippen molar-refractivity contribution in [3.05, 3.63) is 64.4 Å². The molecule has 1 aromatic heterocycles. The summed E-state index contributed by atoms with van der Waals surface area (Å²) in [7, 11) is 1.53. The second-order valence-electron chi connectivity index (χ2n) is 6.28. The Hall–Kier alpha value is -3.12. The molecule has 7 heteroatoms. The molecule has 0 atom stereocenters. The van der Waals surface area contributed by atoms with E-state index in [1.54, 1.807) is 18.2 Å². The first kappa shape index (κ1) is 17.3. The Morgan fingerprint density at radius 1 is 1.26 bits per heavy atom. The van der Waals surface area contributed by atoms with Gasteiger partial charge in [-0.05, 0) is 48.9 Å². The number of carbonyl (C=O) groups excluding carboxylic acids is 1. The van der Waals surface area contributed by atoms with Crippen LogP contribution in [0.15, 0.2) is 47.5 Å². The molecule has 2 aromatic carbocycles. The second kappa shape index (κ2) is 6.89. The lowest BCUT2D eigenvalue weighted by Gasteiger charge is -2.06. The number of amides is 1. The Bertz CT molecular complexity index is 1110. The fraction of sp³-hybridized carbons (Fsp3) is 0.150. The summed E-state index contributed by atoms with van der Waals surface area (Å²) in [4.78, 5) is 24.7. The highest BCUT2D eigenvalue weighted by atomic mass is 35.5. The molecule has 6 nitrogen and oxygen atoms in total. The SMILES string of the molecule is COc1ccc(C(=O)NC2=NCC(c3nc4ccc(C)cc4[nH]3)=C2)cc1Cl. The average molecular weight is 381 g/mol. The Morgan fingerprint density at radius 3 is 2.89 bits per heavy atom. The predicted octanol–water partition coefficient (Wildman–Crippen LogP) is 3.76. The van der Waals surface area contributed by atoms with Gasteiger partial charge in [-0.25, -0.2) is 4.98 Å². The predicted molar refractivity (Wildman–Crippen MR) is 107 cm³/mol. The van der Waals surface area contributed by atoms with E-state index in [1.807, 2.05) is 25.1 Å². The summed E-state index contributed by atoms with van der Waals surface area (Å²) in [6.45, 7) is 2.49. The Labute approximate surface area is 160 Å². The van der Waals surface area contributed by atoms with Gasteiger partial charge in [-0.2, -0.15) is 0 Å². The number of amidine groups is 1. The zero-order chi connectivity index (χ0) is 19.0. The van der Waals surface area contributed by atoms with Crippen molar-refractivity contribution in [3.63, 3.8) is 0 Å². The van der Waals surface area contributed by atoms with Gasteiger partial charge in [0.1, 0.15) is 17.4 Å². The summed E-state index contributed by atoms with van der Waals surface area (Å²) in [6, 6.07) is 10.9. The van der Waals surface area contributed by atoms with Crippen LogP contribution in [-0.4, -0.2) is 35.4 Å². The number of imidazole rings is 1. The molecule has 0 aliphatic carbocycles. The van der Waals surface area contributed by atoms with Crippen LogP contribution in [0.3, 0.4) is 0 Å². The lowest BCUT2D eigenvalue weighted by Crippen LogP contribution is -2.28. The Kier molecular flexibility index (Phi) is 4.41. The first-order chi connectivity index (χ1) is 13.0. The Balaban J connectivity index is 1.51. The molecule has 0 spiro atoms. The normalized spacial score (nSPS) is 13.4. The van der Waals surface area contributed by atoms with Crippen molar-refractivity contribution in [2.75, 3.05) is 13.7 Å². The van der Waals surface area contributed by atoms with Gasteiger partial charge in [0.2, 0.25) is 0 Å². The molecule has 3 aromatic rings. The molecular weight excluding hydrogens is 364 g/mol. The van der Waals surface area contributed by atoms with Crippen molar-refractivity contribution in [2.45, 2.75) is 6.92 Å². The number of nitrogens with one attached hydrogen (secondary N) is 2. The molecule has 4 rings (SSSR count). The summed E-state index contributed by atoms with van der Waals surface area (Å²) in [6.07, 6.45) is 1.83. The van der Waals surface area contributed by atoms with Gasteiger partial charge in [0.15, 0.2) is 0 Å². The van der Waals surface area contributed by atoms with Crippen LogP contribution in [-0.2, 0) is 0 Å². The van der Waals surface area contributed by atoms with Crippen molar-refractivity contribution < 1.29 is 9.53 Å². The highest BCUT2D eigenvalue weighted by Crippen LogP contribution is 2.25. The lowest BCUT2D eigenvalue weighted by molar-refractivity contribution is 0.0977. The van der Waals surface area contributed by atoms with Crippen molar-refractivity contribution in [1.29, 1.82) is 0 Å². The molecule has 0 fully saturated rings. The molecule has 2 N–H and O–H groups in total. The van der Waals surface area contributed by atoms with E-state index in [-0.39, 0.29) is 5.91 Å². The monoisotopic (exact) mass is 380 g/mol. The van der Waals surface area contributed by atoms with Gasteiger partial charge in [0.25, 0.3) is 5.91 Å². The van der Waals surface area contributed by atoms with Crippen molar-refractivity contribution in [2.24, 2.45) is 4.99 Å². The molecule has 0 unspecified atom stereocenters. The van der Waals surface area contributed by atoms with E-state index in [4.69, 9.17) is 16.3 Å². The van der Waals surface area contributed by atoms with Crippen molar-refractivity contribution in [3.8, 4) is 5.75 Å². The van der Waals surface area contributed by atoms with Gasteiger partial charge >= 0.3 is 0 Å². The molecule has 1 amide bonds. The number of carbonyl (C=O) groups is 1. The number of fused-ring (bicyclic) bond motifs is 1. The number of rotatable bonds is 3. The zero-order valence-electron chi connectivity index (χ0n) is 14.8. The molecule has 1 aliphatic rings. The van der Waals surface area contributed by atoms with Crippen molar-refractivity contribution in [1.82, 2.24) is 15.3 Å². The van der Waals surface area contributed by atoms with Crippen LogP contribution in [0.2, 0.25) is 5.02 Å². The third-order valence-corrected chi connectivity index (χ3v) is 4.62. The van der Waals surface area contributed by atoms with Crippen LogP contribution < -0.4 is 10.1 Å². The number of aliphatic imine (C=N–C) groups is 1. The molecule has 0 bridgehead atoms. The highest BCUT2D eigenvalue weighted by molar-refractivity contribution is 6.32. The average Bonchev–Trinajstić information content (AvgIpc) is 3.27. The number of methoxy groups -OCH3 is 1. The smallest absolute Gasteiger partial charge is 0.256 e. The fourth-order valence-electron chi connectivity index (χ4n) is 2.92. The number of halogens is 1. The Morgan fingerprint density at radius 2 is 2.11 bits per heavy atom. The third-order valence-electron chi connectivity index (χ3n) is 4.33. The molecule has 0 saturated carbocycles. The number of aromatic nitrogens is 2. The standard InChI is InChI=1S/C20H17ClN4O2/c1-11-3-5-15-16(7-11)24-19(23-15)13-9-18(22-10-13)25-20(26)12-4-6-17(27-2)14(21)8-12/h3-9H,10H2,1-2H3,(H,23,24)(H,22,25,26). The van der Waals surface area contributed by atoms with E-state index in [1.165, 1.54) is 12.7 Å². The fourth-order valence-corrected chi connectivity index (χ4v) is 3.17. The number of hydrogen-bond acceptors (Lipinski definition) is 4. The molecule has 27 heavy (non-hydrogen) atoms. The van der Waals surface area contributed by atoms with E-state index in [9.17, 15) is 4.79 Å². The quantitative estimate of drug-likeness (QED) is 0.726. The maximum atomic E-state index is 12.4. The lowest BCUT2D eigenvalue weighted by atomic mass is 10.2. The molecule has 136 valence electrons. The number of H-pyrrole nitrogens is 1. The summed E-state index contributed by atoms with van der Waals surface area (Å²) in [5.41, 5.74) is 4.41. The van der Waals surface area contributed by atoms with Crippen LogP contribution in [0.5, 0.6) is 5.75 Å². The van der Waals surface area contributed by atoms with Crippen LogP contribution in [0.4, 0.5) is 0 Å². The van der Waals surface area contributed by atoms with E-state index in [0.717, 1.165) is 22.4 Å². The number of aromatic amines is 1. The second-order valence-corrected chi connectivity index (χ2v) is 6.69. The minimum Gasteiger partial charge on any atom is -0.495 e. The van der Waals surface area contributed by atoms with E-state index in [2.05, 4.69) is 26.3 Å². The summed E-state index contributed by atoms with van der Waals surface area (Å²) in [5, 5.41) is 3.18. The number of ether oxygens (including phenoxy) is 1. The first-order valence-electron chi connectivity index (χ1n) is 8.40. The van der Waals surface area contributed by atoms with Crippen LogP contribution in [0.25, 0.3) is 16.6 Å². The number of hydrogen-bond donors (Lipinski definition) is 2. The zero-order valence-corrected chi connectivity index (χ0v) is 15.6. The number of nitrogens with zero attached hydrogens (tertiary/aromatic N) is 2.